The number of benzene rings is 2. The number of rotatable bonds is 5. The highest BCUT2D eigenvalue weighted by atomic mass is 35.5. The average molecular weight is 484 g/mol. The van der Waals surface area contributed by atoms with Crippen molar-refractivity contribution in [1.82, 2.24) is 4.90 Å². The predicted octanol–water partition coefficient (Wildman–Crippen LogP) is 4.74. The van der Waals surface area contributed by atoms with E-state index in [1.807, 2.05) is 0 Å². The second kappa shape index (κ2) is 9.07. The fourth-order valence-corrected chi connectivity index (χ4v) is 3.57. The lowest BCUT2D eigenvalue weighted by Crippen LogP contribution is -2.43. The molecule has 0 aliphatic carbocycles. The predicted molar refractivity (Wildman–Crippen MR) is 102 cm³/mol. The Morgan fingerprint density at radius 2 is 1.81 bits per heavy atom. The number of carbonyl (C=O) groups excluding carboxylic acids is 1. The van der Waals surface area contributed by atoms with Gasteiger partial charge in [0, 0.05) is 18.7 Å². The lowest BCUT2D eigenvalue weighted by Gasteiger charge is -2.26. The van der Waals surface area contributed by atoms with Crippen LogP contribution in [-0.2, 0) is 0 Å². The summed E-state index contributed by atoms with van der Waals surface area (Å²) in [7, 11) is 0. The molecule has 0 aromatic heterocycles. The van der Waals surface area contributed by atoms with Gasteiger partial charge in [0.15, 0.2) is 6.29 Å². The first-order valence-electron chi connectivity index (χ1n) is 8.85. The van der Waals surface area contributed by atoms with Gasteiger partial charge < -0.3 is 24.6 Å². The highest BCUT2D eigenvalue weighted by Crippen LogP contribution is 2.37. The Kier molecular flexibility index (Phi) is 6.85. The highest BCUT2D eigenvalue weighted by Gasteiger charge is 2.35. The van der Waals surface area contributed by atoms with Crippen LogP contribution in [0.1, 0.15) is 23.2 Å². The van der Waals surface area contributed by atoms with Crippen molar-refractivity contribution in [1.29, 1.82) is 0 Å². The molecule has 2 aromatic rings. The first kappa shape index (κ1) is 23.4. The summed E-state index contributed by atoms with van der Waals surface area (Å²) in [5.41, 5.74) is -0.392. The molecule has 0 spiro atoms. The number of amides is 1. The number of hydrogen-bond acceptors (Lipinski definition) is 5. The number of aliphatic hydroxyl groups excluding tert-OH is 1. The number of carbonyl (C=O) groups is 1. The molecule has 1 fully saturated rings. The number of likely N-dealkylation sites (tertiary alicyclic amines) is 1. The van der Waals surface area contributed by atoms with Crippen LogP contribution in [-0.4, -0.2) is 46.3 Å². The summed E-state index contributed by atoms with van der Waals surface area (Å²) in [4.78, 5) is 13.8. The van der Waals surface area contributed by atoms with Crippen molar-refractivity contribution in [3.8, 4) is 17.2 Å². The molecule has 0 saturated carbocycles. The van der Waals surface area contributed by atoms with Crippen LogP contribution in [0.15, 0.2) is 30.3 Å². The maximum absolute atomic E-state index is 14.6. The zero-order valence-electron chi connectivity index (χ0n) is 15.5. The SMILES string of the molecule is O=C(c1cc(Cl)c(Oc2ccc(OC(F)(F)F)c(Cl)c2)cc1F)N1CCC[C@H]1C(O)O. The summed E-state index contributed by atoms with van der Waals surface area (Å²) in [6, 6.07) is 4.05. The van der Waals surface area contributed by atoms with Gasteiger partial charge in [-0.2, -0.15) is 0 Å². The van der Waals surface area contributed by atoms with E-state index in [0.717, 1.165) is 35.2 Å². The van der Waals surface area contributed by atoms with Crippen LogP contribution in [0.4, 0.5) is 17.6 Å². The van der Waals surface area contributed by atoms with Crippen LogP contribution in [0, 0.1) is 5.82 Å². The number of halogens is 6. The number of aliphatic hydroxyl groups is 2. The molecule has 6 nitrogen and oxygen atoms in total. The minimum absolute atomic E-state index is 0.0529. The third-order valence-corrected chi connectivity index (χ3v) is 5.10. The molecule has 31 heavy (non-hydrogen) atoms. The van der Waals surface area contributed by atoms with Crippen molar-refractivity contribution in [3.05, 3.63) is 51.8 Å². The topological polar surface area (TPSA) is 79.2 Å². The molecule has 3 rings (SSSR count). The molecule has 1 aliphatic rings. The first-order valence-corrected chi connectivity index (χ1v) is 9.61. The van der Waals surface area contributed by atoms with Crippen molar-refractivity contribution < 1.29 is 42.0 Å². The minimum atomic E-state index is -4.93. The van der Waals surface area contributed by atoms with Gasteiger partial charge in [0.25, 0.3) is 5.91 Å². The van der Waals surface area contributed by atoms with Gasteiger partial charge in [0.1, 0.15) is 23.1 Å². The van der Waals surface area contributed by atoms with Gasteiger partial charge in [-0.05, 0) is 31.0 Å². The van der Waals surface area contributed by atoms with E-state index in [9.17, 15) is 32.6 Å². The van der Waals surface area contributed by atoms with E-state index in [0.29, 0.717) is 12.8 Å². The zero-order valence-corrected chi connectivity index (χ0v) is 17.0. The molecule has 1 amide bonds. The molecular weight excluding hydrogens is 469 g/mol. The van der Waals surface area contributed by atoms with E-state index in [2.05, 4.69) is 4.74 Å². The van der Waals surface area contributed by atoms with Crippen molar-refractivity contribution in [3.63, 3.8) is 0 Å². The maximum Gasteiger partial charge on any atom is 0.573 e. The molecule has 1 aliphatic heterocycles. The summed E-state index contributed by atoms with van der Waals surface area (Å²) in [6.45, 7) is 0.223. The van der Waals surface area contributed by atoms with Crippen molar-refractivity contribution in [2.45, 2.75) is 31.5 Å². The molecule has 0 unspecified atom stereocenters. The van der Waals surface area contributed by atoms with E-state index < -0.39 is 46.8 Å². The molecule has 1 atom stereocenters. The van der Waals surface area contributed by atoms with Gasteiger partial charge in [0.05, 0.1) is 21.7 Å². The zero-order chi connectivity index (χ0) is 22.9. The Balaban J connectivity index is 1.81. The Hall–Kier alpha value is -2.27. The third-order valence-electron chi connectivity index (χ3n) is 4.51. The maximum atomic E-state index is 14.6. The molecule has 0 radical (unpaired) electrons. The normalized spacial score (nSPS) is 16.7. The highest BCUT2D eigenvalue weighted by molar-refractivity contribution is 6.32. The fourth-order valence-electron chi connectivity index (χ4n) is 3.16. The van der Waals surface area contributed by atoms with Gasteiger partial charge in [-0.1, -0.05) is 23.2 Å². The third kappa shape index (κ3) is 5.51. The average Bonchev–Trinajstić information content (AvgIpc) is 3.15. The summed E-state index contributed by atoms with van der Waals surface area (Å²) < 4.78 is 60.7. The van der Waals surface area contributed by atoms with Crippen molar-refractivity contribution >= 4 is 29.1 Å². The Morgan fingerprint density at radius 1 is 1.13 bits per heavy atom. The second-order valence-corrected chi connectivity index (χ2v) is 7.44. The molecule has 0 bridgehead atoms. The number of ether oxygens (including phenoxy) is 2. The van der Waals surface area contributed by atoms with E-state index in [4.69, 9.17) is 27.9 Å². The molecule has 1 saturated heterocycles. The summed E-state index contributed by atoms with van der Waals surface area (Å²) in [6.07, 6.45) is -5.81. The quantitative estimate of drug-likeness (QED) is 0.474. The van der Waals surface area contributed by atoms with Gasteiger partial charge in [-0.25, -0.2) is 4.39 Å². The van der Waals surface area contributed by atoms with Gasteiger partial charge >= 0.3 is 6.36 Å². The van der Waals surface area contributed by atoms with Gasteiger partial charge in [0.2, 0.25) is 0 Å². The first-order chi connectivity index (χ1) is 14.5. The Morgan fingerprint density at radius 3 is 2.42 bits per heavy atom. The van der Waals surface area contributed by atoms with Crippen LogP contribution in [0.25, 0.3) is 0 Å². The minimum Gasteiger partial charge on any atom is -0.456 e. The standard InChI is InChI=1S/C19H15Cl2F4NO5/c20-11-6-9(3-4-15(11)31-19(23,24)25)30-16-8-13(22)10(7-12(16)21)17(27)26-5-1-2-14(26)18(28)29/h3-4,6-8,14,18,28-29H,1-2,5H2/t14-/m0/s1. The largest absolute Gasteiger partial charge is 0.573 e. The van der Waals surface area contributed by atoms with E-state index in [-0.39, 0.29) is 23.1 Å². The van der Waals surface area contributed by atoms with Gasteiger partial charge in [-0.3, -0.25) is 4.79 Å². The fraction of sp³-hybridized carbons (Fsp3) is 0.316. The van der Waals surface area contributed by atoms with Crippen LogP contribution in [0.2, 0.25) is 10.0 Å². The van der Waals surface area contributed by atoms with E-state index in [1.165, 1.54) is 0 Å². The monoisotopic (exact) mass is 483 g/mol. The second-order valence-electron chi connectivity index (χ2n) is 6.63. The summed E-state index contributed by atoms with van der Waals surface area (Å²) in [5, 5.41) is 18.2. The van der Waals surface area contributed by atoms with E-state index >= 15 is 0 Å². The van der Waals surface area contributed by atoms with Crippen molar-refractivity contribution in [2.24, 2.45) is 0 Å². The smallest absolute Gasteiger partial charge is 0.456 e. The molecule has 12 heteroatoms. The Bertz CT molecular complexity index is 987. The lowest BCUT2D eigenvalue weighted by atomic mass is 10.1. The van der Waals surface area contributed by atoms with Crippen LogP contribution in [0.5, 0.6) is 17.2 Å². The molecule has 1 heterocycles. The number of hydrogen-bond donors (Lipinski definition) is 2. The summed E-state index contributed by atoms with van der Waals surface area (Å²) in [5.74, 6) is -2.66. The van der Waals surface area contributed by atoms with Crippen LogP contribution < -0.4 is 9.47 Å². The van der Waals surface area contributed by atoms with Gasteiger partial charge in [-0.15, -0.1) is 13.2 Å². The Labute approximate surface area is 183 Å². The summed E-state index contributed by atoms with van der Waals surface area (Å²) >= 11 is 11.8. The number of nitrogens with zero attached hydrogens (tertiary/aromatic N) is 1. The molecular formula is C19H15Cl2F4NO5. The van der Waals surface area contributed by atoms with E-state index in [1.54, 1.807) is 0 Å². The molecule has 2 aromatic carbocycles. The molecule has 2 N–H and O–H groups in total. The van der Waals surface area contributed by atoms with Crippen LogP contribution >= 0.6 is 23.2 Å². The van der Waals surface area contributed by atoms with Crippen LogP contribution in [0.3, 0.4) is 0 Å². The van der Waals surface area contributed by atoms with Crippen molar-refractivity contribution in [2.75, 3.05) is 6.54 Å². The lowest BCUT2D eigenvalue weighted by molar-refractivity contribution is -0.274. The molecule has 168 valence electrons. The number of alkyl halides is 3.